The number of rotatable bonds is 3. The standard InChI is InChI=1S/C23H37BrO2/c1-4-23(26)12-11-21(2)15(13-23)5-6-16-17-7-8-19(20(25)14-24)22(17,3)10-9-18(16)21/h15-19,26H,4-14H2,1-3H3/t15-,16-,17-,18-,19+,21-,22-,23+/m0/s1/i4D2,14D2,19D. The number of carbonyl (C=O) groups excluding carboxylic acids is 1. The molecule has 0 bridgehead atoms. The van der Waals surface area contributed by atoms with Crippen LogP contribution in [0.1, 0.15) is 91.8 Å². The van der Waals surface area contributed by atoms with Gasteiger partial charge in [0.2, 0.25) is 0 Å². The number of hydrogen-bond donors (Lipinski definition) is 1. The summed E-state index contributed by atoms with van der Waals surface area (Å²) in [6.45, 7) is 5.90. The fraction of sp³-hybridized carbons (Fsp3) is 0.957. The number of Topliss-reactive ketones (excluding diaryl/α,β-unsaturated/α-hetero) is 1. The molecule has 0 heterocycles. The third kappa shape index (κ3) is 2.70. The second-order valence-corrected chi connectivity index (χ2v) is 10.4. The quantitative estimate of drug-likeness (QED) is 0.579. The summed E-state index contributed by atoms with van der Waals surface area (Å²) < 4.78 is 41.3. The zero-order chi connectivity index (χ0) is 23.3. The van der Waals surface area contributed by atoms with Gasteiger partial charge in [-0.05, 0) is 98.7 Å². The van der Waals surface area contributed by atoms with E-state index in [1.807, 2.05) is 0 Å². The van der Waals surface area contributed by atoms with Crippen LogP contribution >= 0.6 is 15.9 Å². The van der Waals surface area contributed by atoms with E-state index < -0.39 is 34.3 Å². The SMILES string of the molecule is [2H]C([2H])(Br)C(=O)[C@@]1([2H])CC[C@H]2[C@@H]3CC[C@H]4C[C@@](O)(C([2H])([2H])C)CC[C@]4(C)[C@H]3CC[C@@]21C. The largest absolute Gasteiger partial charge is 0.390 e. The zero-order valence-corrected chi connectivity index (χ0v) is 18.0. The molecule has 0 aromatic rings. The minimum Gasteiger partial charge on any atom is -0.390 e. The highest BCUT2D eigenvalue weighted by molar-refractivity contribution is 9.09. The Morgan fingerprint density at radius 3 is 2.54 bits per heavy atom. The summed E-state index contributed by atoms with van der Waals surface area (Å²) in [4.78, 5) is 13.0. The van der Waals surface area contributed by atoms with Gasteiger partial charge in [-0.2, -0.15) is 0 Å². The molecule has 4 rings (SSSR count). The molecule has 0 aliphatic heterocycles. The fourth-order valence-electron chi connectivity index (χ4n) is 7.72. The average Bonchev–Trinajstić information content (AvgIpc) is 2.92. The van der Waals surface area contributed by atoms with Crippen LogP contribution in [-0.4, -0.2) is 21.8 Å². The summed E-state index contributed by atoms with van der Waals surface area (Å²) >= 11 is 2.89. The number of aliphatic hydroxyl groups is 1. The summed E-state index contributed by atoms with van der Waals surface area (Å²) in [6, 6.07) is 0. The molecule has 26 heavy (non-hydrogen) atoms. The van der Waals surface area contributed by atoms with E-state index in [-0.39, 0.29) is 11.3 Å². The zero-order valence-electron chi connectivity index (χ0n) is 21.4. The minimum absolute atomic E-state index is 0.0586. The topological polar surface area (TPSA) is 37.3 Å². The van der Waals surface area contributed by atoms with Gasteiger partial charge < -0.3 is 5.11 Å². The molecular formula is C23H37BrO2. The van der Waals surface area contributed by atoms with Crippen LogP contribution in [0.4, 0.5) is 0 Å². The molecule has 1 N–H and O–H groups in total. The molecule has 0 unspecified atom stereocenters. The van der Waals surface area contributed by atoms with E-state index in [4.69, 9.17) is 6.85 Å². The molecule has 4 fully saturated rings. The van der Waals surface area contributed by atoms with Crippen molar-refractivity contribution < 1.29 is 16.8 Å². The molecule has 8 atom stereocenters. The van der Waals surface area contributed by atoms with Crippen molar-refractivity contribution >= 4 is 21.7 Å². The van der Waals surface area contributed by atoms with Gasteiger partial charge >= 0.3 is 0 Å². The average molecular weight is 430 g/mol. The first-order chi connectivity index (χ1) is 14.0. The van der Waals surface area contributed by atoms with Gasteiger partial charge in [0.1, 0.15) is 5.78 Å². The molecule has 148 valence electrons. The lowest BCUT2D eigenvalue weighted by Gasteiger charge is -2.62. The Balaban J connectivity index is 1.61. The van der Waals surface area contributed by atoms with Crippen LogP contribution in [0, 0.1) is 40.4 Å². The molecule has 0 spiro atoms. The van der Waals surface area contributed by atoms with Crippen molar-refractivity contribution in [2.24, 2.45) is 40.4 Å². The van der Waals surface area contributed by atoms with Crippen LogP contribution in [0.3, 0.4) is 0 Å². The van der Waals surface area contributed by atoms with Gasteiger partial charge in [0.05, 0.1) is 10.9 Å². The van der Waals surface area contributed by atoms with Crippen LogP contribution < -0.4 is 0 Å². The van der Waals surface area contributed by atoms with Gasteiger partial charge in [0.15, 0.2) is 0 Å². The molecular weight excluding hydrogens is 388 g/mol. The molecule has 4 aliphatic rings. The first kappa shape index (κ1) is 14.1. The number of hydrogen-bond acceptors (Lipinski definition) is 2. The molecule has 0 saturated heterocycles. The van der Waals surface area contributed by atoms with E-state index in [1.54, 1.807) is 0 Å². The Kier molecular flexibility index (Phi) is 3.58. The first-order valence-corrected chi connectivity index (χ1v) is 11.3. The Bertz CT molecular complexity index is 766. The second-order valence-electron chi connectivity index (χ2n) is 10.0. The minimum atomic E-state index is -2.17. The van der Waals surface area contributed by atoms with Crippen LogP contribution in [0.2, 0.25) is 0 Å². The van der Waals surface area contributed by atoms with Crippen molar-refractivity contribution in [3.8, 4) is 0 Å². The highest BCUT2D eigenvalue weighted by atomic mass is 79.9. The van der Waals surface area contributed by atoms with Gasteiger partial charge in [0.25, 0.3) is 0 Å². The van der Waals surface area contributed by atoms with Gasteiger partial charge in [0, 0.05) is 12.7 Å². The molecule has 0 aromatic carbocycles. The van der Waals surface area contributed by atoms with Crippen molar-refractivity contribution in [2.45, 2.75) is 90.5 Å². The van der Waals surface area contributed by atoms with Crippen molar-refractivity contribution in [3.05, 3.63) is 0 Å². The van der Waals surface area contributed by atoms with Gasteiger partial charge in [-0.25, -0.2) is 0 Å². The Morgan fingerprint density at radius 1 is 1.12 bits per heavy atom. The van der Waals surface area contributed by atoms with Crippen LogP contribution in [0.15, 0.2) is 0 Å². The van der Waals surface area contributed by atoms with Gasteiger partial charge in [-0.3, -0.25) is 4.79 Å². The maximum atomic E-state index is 13.0. The van der Waals surface area contributed by atoms with E-state index in [1.165, 1.54) is 6.92 Å². The Morgan fingerprint density at radius 2 is 1.85 bits per heavy atom. The predicted molar refractivity (Wildman–Crippen MR) is 109 cm³/mol. The van der Waals surface area contributed by atoms with E-state index in [9.17, 15) is 9.90 Å². The first-order valence-electron chi connectivity index (χ1n) is 13.0. The fourth-order valence-corrected chi connectivity index (χ4v) is 7.95. The van der Waals surface area contributed by atoms with Crippen LogP contribution in [0.25, 0.3) is 0 Å². The summed E-state index contributed by atoms with van der Waals surface area (Å²) in [6.07, 6.45) is 5.10. The molecule has 0 amide bonds. The van der Waals surface area contributed by atoms with Crippen LogP contribution in [0.5, 0.6) is 0 Å². The van der Waals surface area contributed by atoms with Crippen molar-refractivity contribution in [2.75, 3.05) is 5.28 Å². The molecule has 2 nitrogen and oxygen atoms in total. The third-order valence-electron chi connectivity index (χ3n) is 9.34. The summed E-state index contributed by atoms with van der Waals surface area (Å²) in [5, 5.41) is 8.91. The smallest absolute Gasteiger partial charge is 0.147 e. The maximum absolute atomic E-state index is 13.0. The molecule has 4 aliphatic carbocycles. The Hall–Kier alpha value is 0.110. The van der Waals surface area contributed by atoms with E-state index in [0.717, 1.165) is 38.5 Å². The summed E-state index contributed by atoms with van der Waals surface area (Å²) in [5.41, 5.74) is -1.71. The van der Waals surface area contributed by atoms with E-state index >= 15 is 0 Å². The number of halogens is 1. The highest BCUT2D eigenvalue weighted by Gasteiger charge is 2.61. The van der Waals surface area contributed by atoms with Gasteiger partial charge in [-0.15, -0.1) is 0 Å². The highest BCUT2D eigenvalue weighted by Crippen LogP contribution is 2.68. The normalized spacial score (nSPS) is 60.3. The molecule has 0 radical (unpaired) electrons. The van der Waals surface area contributed by atoms with Crippen molar-refractivity contribution in [1.82, 2.24) is 0 Å². The Labute approximate surface area is 175 Å². The molecule has 3 heteroatoms. The lowest BCUT2D eigenvalue weighted by atomic mass is 9.43. The van der Waals surface area contributed by atoms with E-state index in [2.05, 4.69) is 29.8 Å². The number of ketones is 1. The third-order valence-corrected chi connectivity index (χ3v) is 9.70. The lowest BCUT2D eigenvalue weighted by molar-refractivity contribution is -0.154. The number of alkyl halides is 1. The monoisotopic (exact) mass is 429 g/mol. The van der Waals surface area contributed by atoms with Crippen LogP contribution in [-0.2, 0) is 4.79 Å². The lowest BCUT2D eigenvalue weighted by Crippen LogP contribution is -2.56. The maximum Gasteiger partial charge on any atom is 0.147 e. The van der Waals surface area contributed by atoms with Crippen molar-refractivity contribution in [3.63, 3.8) is 0 Å². The number of fused-ring (bicyclic) bond motifs is 5. The van der Waals surface area contributed by atoms with Crippen molar-refractivity contribution in [1.29, 1.82) is 0 Å². The summed E-state index contributed by atoms with van der Waals surface area (Å²) in [7, 11) is 0. The second kappa shape index (κ2) is 6.58. The van der Waals surface area contributed by atoms with Gasteiger partial charge in [-0.1, -0.05) is 36.7 Å². The summed E-state index contributed by atoms with van der Waals surface area (Å²) in [5.74, 6) is -0.582. The van der Waals surface area contributed by atoms with E-state index in [0.29, 0.717) is 37.0 Å². The predicted octanol–water partition coefficient (Wildman–Crippen LogP) is 5.75. The number of carbonyl (C=O) groups is 1. The molecule has 4 saturated carbocycles. The molecule has 0 aromatic heterocycles.